The van der Waals surface area contributed by atoms with Gasteiger partial charge in [-0.25, -0.2) is 4.98 Å². The van der Waals surface area contributed by atoms with E-state index in [1.807, 2.05) is 39.0 Å². The van der Waals surface area contributed by atoms with E-state index in [-0.39, 0.29) is 17.9 Å². The first kappa shape index (κ1) is 12.6. The number of fused-ring (bicyclic) bond motifs is 1. The minimum Gasteiger partial charge on any atom is -0.441 e. The summed E-state index contributed by atoms with van der Waals surface area (Å²) in [7, 11) is 0. The standard InChI is InChI=1S/C14H17N3O/c1-8(2)11(7-15)14(16)10-4-5-12-13(6-10)18-9(3)17-12/h4-6,8,11,14H,16H2,1-3H3. The van der Waals surface area contributed by atoms with Gasteiger partial charge in [-0.2, -0.15) is 5.26 Å². The molecule has 1 aromatic carbocycles. The number of nitrogens with zero attached hydrogens (tertiary/aromatic N) is 2. The maximum absolute atomic E-state index is 9.18. The van der Waals surface area contributed by atoms with Crippen LogP contribution in [0.4, 0.5) is 0 Å². The second kappa shape index (κ2) is 4.79. The maximum atomic E-state index is 9.18. The molecule has 0 saturated heterocycles. The molecule has 2 atom stereocenters. The first-order chi connectivity index (χ1) is 8.52. The van der Waals surface area contributed by atoms with Crippen LogP contribution >= 0.6 is 0 Å². The first-order valence-corrected chi connectivity index (χ1v) is 6.05. The summed E-state index contributed by atoms with van der Waals surface area (Å²) in [6.07, 6.45) is 0. The lowest BCUT2D eigenvalue weighted by Crippen LogP contribution is -2.24. The topological polar surface area (TPSA) is 75.8 Å². The Hall–Kier alpha value is -1.86. The summed E-state index contributed by atoms with van der Waals surface area (Å²) in [6, 6.07) is 7.67. The second-order valence-corrected chi connectivity index (χ2v) is 4.88. The summed E-state index contributed by atoms with van der Waals surface area (Å²) in [5, 5.41) is 9.18. The molecule has 94 valence electrons. The summed E-state index contributed by atoms with van der Waals surface area (Å²) in [5.41, 5.74) is 8.62. The molecule has 1 aromatic heterocycles. The Morgan fingerprint density at radius 1 is 1.39 bits per heavy atom. The molecule has 4 nitrogen and oxygen atoms in total. The highest BCUT2D eigenvalue weighted by atomic mass is 16.3. The van der Waals surface area contributed by atoms with Crippen LogP contribution < -0.4 is 5.73 Å². The lowest BCUT2D eigenvalue weighted by Gasteiger charge is -2.21. The Labute approximate surface area is 106 Å². The van der Waals surface area contributed by atoms with Crippen molar-refractivity contribution in [2.75, 3.05) is 0 Å². The number of aromatic nitrogens is 1. The van der Waals surface area contributed by atoms with Gasteiger partial charge in [0.25, 0.3) is 0 Å². The van der Waals surface area contributed by atoms with Gasteiger partial charge in [0.05, 0.1) is 12.0 Å². The molecule has 0 bridgehead atoms. The number of nitrogens with two attached hydrogens (primary N) is 1. The third-order valence-corrected chi connectivity index (χ3v) is 3.16. The van der Waals surface area contributed by atoms with E-state index in [9.17, 15) is 5.26 Å². The van der Waals surface area contributed by atoms with E-state index >= 15 is 0 Å². The summed E-state index contributed by atoms with van der Waals surface area (Å²) in [6.45, 7) is 5.82. The zero-order valence-corrected chi connectivity index (χ0v) is 10.8. The Morgan fingerprint density at radius 3 is 2.72 bits per heavy atom. The van der Waals surface area contributed by atoms with Crippen LogP contribution in [0.15, 0.2) is 22.6 Å². The van der Waals surface area contributed by atoms with Crippen LogP contribution in [0.2, 0.25) is 0 Å². The number of hydrogen-bond acceptors (Lipinski definition) is 4. The number of hydrogen-bond donors (Lipinski definition) is 1. The molecule has 18 heavy (non-hydrogen) atoms. The predicted octanol–water partition coefficient (Wildman–Crippen LogP) is 2.93. The molecule has 0 aliphatic heterocycles. The zero-order valence-electron chi connectivity index (χ0n) is 10.8. The molecule has 0 spiro atoms. The number of oxazole rings is 1. The molecule has 0 fully saturated rings. The van der Waals surface area contributed by atoms with E-state index in [2.05, 4.69) is 11.1 Å². The summed E-state index contributed by atoms with van der Waals surface area (Å²) in [5.74, 6) is 0.653. The number of nitriles is 1. The van der Waals surface area contributed by atoms with E-state index in [1.165, 1.54) is 0 Å². The van der Waals surface area contributed by atoms with Gasteiger partial charge in [0, 0.05) is 13.0 Å². The van der Waals surface area contributed by atoms with Crippen LogP contribution in [-0.2, 0) is 0 Å². The van der Waals surface area contributed by atoms with Crippen LogP contribution in [0.5, 0.6) is 0 Å². The fourth-order valence-electron chi connectivity index (χ4n) is 2.12. The van der Waals surface area contributed by atoms with Crippen molar-refractivity contribution in [3.05, 3.63) is 29.7 Å². The molecule has 2 unspecified atom stereocenters. The van der Waals surface area contributed by atoms with Crippen molar-refractivity contribution in [2.24, 2.45) is 17.6 Å². The number of benzene rings is 1. The number of rotatable bonds is 3. The van der Waals surface area contributed by atoms with Crippen LogP contribution in [0, 0.1) is 30.1 Å². The quantitative estimate of drug-likeness (QED) is 0.899. The lowest BCUT2D eigenvalue weighted by atomic mass is 9.86. The fraction of sp³-hybridized carbons (Fsp3) is 0.429. The average Bonchev–Trinajstić information content (AvgIpc) is 2.68. The van der Waals surface area contributed by atoms with E-state index in [0.717, 1.165) is 16.7 Å². The van der Waals surface area contributed by atoms with Gasteiger partial charge in [-0.15, -0.1) is 0 Å². The molecular weight excluding hydrogens is 226 g/mol. The highest BCUT2D eigenvalue weighted by Gasteiger charge is 2.23. The molecule has 0 saturated carbocycles. The normalized spacial score (nSPS) is 14.7. The summed E-state index contributed by atoms with van der Waals surface area (Å²) >= 11 is 0. The molecule has 1 heterocycles. The smallest absolute Gasteiger partial charge is 0.192 e. The van der Waals surface area contributed by atoms with Gasteiger partial charge in [-0.05, 0) is 23.6 Å². The van der Waals surface area contributed by atoms with Crippen molar-refractivity contribution in [2.45, 2.75) is 26.8 Å². The monoisotopic (exact) mass is 243 g/mol. The first-order valence-electron chi connectivity index (χ1n) is 6.05. The average molecular weight is 243 g/mol. The van der Waals surface area contributed by atoms with Crippen LogP contribution in [0.1, 0.15) is 31.3 Å². The van der Waals surface area contributed by atoms with E-state index in [4.69, 9.17) is 10.2 Å². The van der Waals surface area contributed by atoms with E-state index in [1.54, 1.807) is 0 Å². The van der Waals surface area contributed by atoms with Crippen LogP contribution in [-0.4, -0.2) is 4.98 Å². The zero-order chi connectivity index (χ0) is 13.3. The highest BCUT2D eigenvalue weighted by Crippen LogP contribution is 2.28. The Bertz CT molecular complexity index is 595. The molecule has 2 N–H and O–H groups in total. The number of aryl methyl sites for hydroxylation is 1. The molecule has 0 aliphatic carbocycles. The summed E-state index contributed by atoms with van der Waals surface area (Å²) < 4.78 is 5.48. The maximum Gasteiger partial charge on any atom is 0.192 e. The molecular formula is C14H17N3O. The largest absolute Gasteiger partial charge is 0.441 e. The fourth-order valence-corrected chi connectivity index (χ4v) is 2.12. The van der Waals surface area contributed by atoms with Crippen molar-refractivity contribution in [1.29, 1.82) is 5.26 Å². The van der Waals surface area contributed by atoms with Gasteiger partial charge < -0.3 is 10.2 Å². The molecule has 0 amide bonds. The van der Waals surface area contributed by atoms with Crippen molar-refractivity contribution in [3.8, 4) is 6.07 Å². The van der Waals surface area contributed by atoms with Gasteiger partial charge in [0.1, 0.15) is 5.52 Å². The van der Waals surface area contributed by atoms with Gasteiger partial charge in [0.2, 0.25) is 0 Å². The molecule has 2 aromatic rings. The predicted molar refractivity (Wildman–Crippen MR) is 69.6 cm³/mol. The third-order valence-electron chi connectivity index (χ3n) is 3.16. The van der Waals surface area contributed by atoms with Gasteiger partial charge >= 0.3 is 0 Å². The van der Waals surface area contributed by atoms with Crippen LogP contribution in [0.3, 0.4) is 0 Å². The lowest BCUT2D eigenvalue weighted by molar-refractivity contribution is 0.403. The van der Waals surface area contributed by atoms with Crippen molar-refractivity contribution < 1.29 is 4.42 Å². The van der Waals surface area contributed by atoms with Crippen molar-refractivity contribution in [1.82, 2.24) is 4.98 Å². The third kappa shape index (κ3) is 2.22. The van der Waals surface area contributed by atoms with Gasteiger partial charge in [0.15, 0.2) is 11.5 Å². The van der Waals surface area contributed by atoms with E-state index in [0.29, 0.717) is 5.89 Å². The Balaban J connectivity index is 2.38. The molecule has 4 heteroatoms. The van der Waals surface area contributed by atoms with Gasteiger partial charge in [-0.1, -0.05) is 19.9 Å². The summed E-state index contributed by atoms with van der Waals surface area (Å²) in [4.78, 5) is 4.24. The van der Waals surface area contributed by atoms with Gasteiger partial charge in [-0.3, -0.25) is 0 Å². The second-order valence-electron chi connectivity index (χ2n) is 4.88. The SMILES string of the molecule is Cc1nc2ccc(C(N)C(C#N)C(C)C)cc2o1. The van der Waals surface area contributed by atoms with E-state index < -0.39 is 0 Å². The molecule has 2 rings (SSSR count). The highest BCUT2D eigenvalue weighted by molar-refractivity contribution is 5.73. The minimum atomic E-state index is -0.301. The Kier molecular flexibility index (Phi) is 3.35. The molecule has 0 radical (unpaired) electrons. The van der Waals surface area contributed by atoms with Crippen molar-refractivity contribution in [3.63, 3.8) is 0 Å². The molecule has 0 aliphatic rings. The van der Waals surface area contributed by atoms with Crippen molar-refractivity contribution >= 4 is 11.1 Å². The Morgan fingerprint density at radius 2 is 2.11 bits per heavy atom. The van der Waals surface area contributed by atoms with Crippen LogP contribution in [0.25, 0.3) is 11.1 Å². The minimum absolute atomic E-state index is 0.202.